The highest BCUT2D eigenvalue weighted by Crippen LogP contribution is 2.31. The van der Waals surface area contributed by atoms with Crippen molar-refractivity contribution in [2.75, 3.05) is 18.0 Å². The molecule has 1 aliphatic heterocycles. The second-order valence-electron chi connectivity index (χ2n) is 4.80. The summed E-state index contributed by atoms with van der Waals surface area (Å²) in [5, 5.41) is 0.795. The number of anilines is 1. The number of halogens is 1. The van der Waals surface area contributed by atoms with Crippen molar-refractivity contribution in [1.82, 2.24) is 0 Å². The number of hydrogen-bond acceptors (Lipinski definition) is 2. The maximum atomic E-state index is 6.21. The van der Waals surface area contributed by atoms with Gasteiger partial charge < -0.3 is 10.6 Å². The molecular weight excluding hydrogens is 232 g/mol. The molecule has 0 spiro atoms. The zero-order valence-electron chi connectivity index (χ0n) is 10.5. The largest absolute Gasteiger partial charge is 0.371 e. The van der Waals surface area contributed by atoms with Crippen LogP contribution in [0.15, 0.2) is 18.2 Å². The predicted octanol–water partition coefficient (Wildman–Crippen LogP) is 3.43. The van der Waals surface area contributed by atoms with Crippen LogP contribution in [0.1, 0.15) is 31.7 Å². The fourth-order valence-electron chi connectivity index (χ4n) is 2.66. The third kappa shape index (κ3) is 2.75. The van der Waals surface area contributed by atoms with E-state index in [0.29, 0.717) is 6.54 Å². The van der Waals surface area contributed by atoms with Gasteiger partial charge in [0.2, 0.25) is 0 Å². The van der Waals surface area contributed by atoms with Crippen molar-refractivity contribution < 1.29 is 0 Å². The van der Waals surface area contributed by atoms with Gasteiger partial charge in [-0.25, -0.2) is 0 Å². The normalized spacial score (nSPS) is 20.6. The standard InChI is InChI=1S/C14H21ClN2/c1-2-11-5-4-8-17(10-11)14-7-3-6-13(15)12(14)9-16/h3,6-7,11H,2,4-5,8-10,16H2,1H3. The van der Waals surface area contributed by atoms with E-state index in [1.54, 1.807) is 0 Å². The van der Waals surface area contributed by atoms with Gasteiger partial charge in [-0.1, -0.05) is 31.0 Å². The summed E-state index contributed by atoms with van der Waals surface area (Å²) in [4.78, 5) is 2.45. The van der Waals surface area contributed by atoms with Crippen molar-refractivity contribution in [1.29, 1.82) is 0 Å². The average Bonchev–Trinajstić information content (AvgIpc) is 2.38. The van der Waals surface area contributed by atoms with Crippen LogP contribution in [0.5, 0.6) is 0 Å². The molecule has 1 aliphatic rings. The molecule has 1 aromatic carbocycles. The van der Waals surface area contributed by atoms with E-state index in [9.17, 15) is 0 Å². The first-order valence-electron chi connectivity index (χ1n) is 6.48. The Labute approximate surface area is 109 Å². The molecule has 2 N–H and O–H groups in total. The number of hydrogen-bond donors (Lipinski definition) is 1. The van der Waals surface area contributed by atoms with Crippen molar-refractivity contribution >= 4 is 17.3 Å². The summed E-state index contributed by atoms with van der Waals surface area (Å²) in [5.41, 5.74) is 8.14. The Hall–Kier alpha value is -0.730. The predicted molar refractivity (Wildman–Crippen MR) is 74.6 cm³/mol. The van der Waals surface area contributed by atoms with E-state index >= 15 is 0 Å². The number of benzene rings is 1. The van der Waals surface area contributed by atoms with Crippen LogP contribution < -0.4 is 10.6 Å². The smallest absolute Gasteiger partial charge is 0.0471 e. The molecular formula is C14H21ClN2. The highest BCUT2D eigenvalue weighted by Gasteiger charge is 2.20. The van der Waals surface area contributed by atoms with Gasteiger partial charge in [0.15, 0.2) is 0 Å². The summed E-state index contributed by atoms with van der Waals surface area (Å²) in [6, 6.07) is 6.09. The Morgan fingerprint density at radius 2 is 2.29 bits per heavy atom. The molecule has 0 aromatic heterocycles. The summed E-state index contributed by atoms with van der Waals surface area (Å²) >= 11 is 6.21. The topological polar surface area (TPSA) is 29.3 Å². The average molecular weight is 253 g/mol. The van der Waals surface area contributed by atoms with Crippen LogP contribution in [0.2, 0.25) is 5.02 Å². The zero-order chi connectivity index (χ0) is 12.3. The second kappa shape index (κ2) is 5.74. The summed E-state index contributed by atoms with van der Waals surface area (Å²) in [6.07, 6.45) is 3.88. The van der Waals surface area contributed by atoms with Crippen LogP contribution >= 0.6 is 11.6 Å². The maximum absolute atomic E-state index is 6.21. The molecule has 2 rings (SSSR count). The minimum Gasteiger partial charge on any atom is -0.371 e. The molecule has 1 atom stereocenters. The molecule has 0 saturated carbocycles. The Morgan fingerprint density at radius 1 is 1.47 bits per heavy atom. The monoisotopic (exact) mass is 252 g/mol. The Balaban J connectivity index is 2.24. The van der Waals surface area contributed by atoms with Gasteiger partial charge in [-0.3, -0.25) is 0 Å². The molecule has 0 aliphatic carbocycles. The van der Waals surface area contributed by atoms with Crippen LogP contribution in [-0.2, 0) is 6.54 Å². The van der Waals surface area contributed by atoms with Gasteiger partial charge in [-0.2, -0.15) is 0 Å². The first kappa shape index (κ1) is 12.7. The van der Waals surface area contributed by atoms with Crippen LogP contribution in [0.25, 0.3) is 0 Å². The SMILES string of the molecule is CCC1CCCN(c2cccc(Cl)c2CN)C1. The highest BCUT2D eigenvalue weighted by molar-refractivity contribution is 6.31. The fraction of sp³-hybridized carbons (Fsp3) is 0.571. The minimum absolute atomic E-state index is 0.516. The van der Waals surface area contributed by atoms with Gasteiger partial charge in [0, 0.05) is 35.9 Å². The highest BCUT2D eigenvalue weighted by atomic mass is 35.5. The molecule has 17 heavy (non-hydrogen) atoms. The lowest BCUT2D eigenvalue weighted by Crippen LogP contribution is -2.36. The summed E-state index contributed by atoms with van der Waals surface area (Å²) in [7, 11) is 0. The van der Waals surface area contributed by atoms with E-state index < -0.39 is 0 Å². The number of nitrogens with zero attached hydrogens (tertiary/aromatic N) is 1. The molecule has 1 heterocycles. The van der Waals surface area contributed by atoms with E-state index in [4.69, 9.17) is 17.3 Å². The Kier molecular flexibility index (Phi) is 4.30. The zero-order valence-corrected chi connectivity index (χ0v) is 11.2. The third-order valence-corrected chi connectivity index (χ3v) is 4.09. The molecule has 94 valence electrons. The van der Waals surface area contributed by atoms with Gasteiger partial charge in [0.25, 0.3) is 0 Å². The maximum Gasteiger partial charge on any atom is 0.0471 e. The van der Waals surface area contributed by atoms with E-state index in [2.05, 4.69) is 17.9 Å². The molecule has 0 amide bonds. The van der Waals surface area contributed by atoms with Crippen molar-refractivity contribution in [2.45, 2.75) is 32.7 Å². The third-order valence-electron chi connectivity index (χ3n) is 3.74. The molecule has 3 heteroatoms. The van der Waals surface area contributed by atoms with Gasteiger partial charge in [0.05, 0.1) is 0 Å². The molecule has 1 aromatic rings. The van der Waals surface area contributed by atoms with Crippen molar-refractivity contribution in [3.63, 3.8) is 0 Å². The van der Waals surface area contributed by atoms with Gasteiger partial charge >= 0.3 is 0 Å². The molecule has 2 nitrogen and oxygen atoms in total. The summed E-state index contributed by atoms with van der Waals surface area (Å²) in [6.45, 7) is 5.06. The molecule has 1 unspecified atom stereocenters. The van der Waals surface area contributed by atoms with E-state index in [1.807, 2.05) is 12.1 Å². The lowest BCUT2D eigenvalue weighted by molar-refractivity contribution is 0.404. The first-order valence-corrected chi connectivity index (χ1v) is 6.86. The lowest BCUT2D eigenvalue weighted by atomic mass is 9.94. The van der Waals surface area contributed by atoms with Gasteiger partial charge in [-0.05, 0) is 30.9 Å². The quantitative estimate of drug-likeness (QED) is 0.893. The van der Waals surface area contributed by atoms with Crippen LogP contribution in [0, 0.1) is 5.92 Å². The lowest BCUT2D eigenvalue weighted by Gasteiger charge is -2.35. The number of rotatable bonds is 3. The van der Waals surface area contributed by atoms with Gasteiger partial charge in [0.1, 0.15) is 0 Å². The summed E-state index contributed by atoms with van der Waals surface area (Å²) in [5.74, 6) is 0.813. The number of nitrogens with two attached hydrogens (primary N) is 1. The molecule has 1 fully saturated rings. The van der Waals surface area contributed by atoms with Crippen LogP contribution in [-0.4, -0.2) is 13.1 Å². The second-order valence-corrected chi connectivity index (χ2v) is 5.21. The Bertz CT molecular complexity index is 378. The Morgan fingerprint density at radius 3 is 3.00 bits per heavy atom. The van der Waals surface area contributed by atoms with E-state index in [0.717, 1.165) is 29.6 Å². The van der Waals surface area contributed by atoms with Crippen molar-refractivity contribution in [2.24, 2.45) is 11.7 Å². The summed E-state index contributed by atoms with van der Waals surface area (Å²) < 4.78 is 0. The van der Waals surface area contributed by atoms with Gasteiger partial charge in [-0.15, -0.1) is 0 Å². The fourth-order valence-corrected chi connectivity index (χ4v) is 2.91. The minimum atomic E-state index is 0.516. The van der Waals surface area contributed by atoms with Crippen LogP contribution in [0.4, 0.5) is 5.69 Å². The molecule has 1 saturated heterocycles. The van der Waals surface area contributed by atoms with Crippen LogP contribution in [0.3, 0.4) is 0 Å². The number of piperidine rings is 1. The van der Waals surface area contributed by atoms with E-state index in [-0.39, 0.29) is 0 Å². The molecule has 0 radical (unpaired) electrons. The first-order chi connectivity index (χ1) is 8.26. The van der Waals surface area contributed by atoms with Crippen molar-refractivity contribution in [3.8, 4) is 0 Å². The van der Waals surface area contributed by atoms with Crippen molar-refractivity contribution in [3.05, 3.63) is 28.8 Å². The van der Waals surface area contributed by atoms with E-state index in [1.165, 1.54) is 24.9 Å². The molecule has 0 bridgehead atoms.